The third-order valence-corrected chi connectivity index (χ3v) is 4.26. The lowest BCUT2D eigenvalue weighted by Gasteiger charge is -2.11. The summed E-state index contributed by atoms with van der Waals surface area (Å²) in [7, 11) is 0. The fraction of sp³-hybridized carbons (Fsp3) is 0.231. The third-order valence-electron chi connectivity index (χ3n) is 2.63. The molecule has 0 aliphatic heterocycles. The molecule has 0 spiro atoms. The Morgan fingerprint density at radius 2 is 2.00 bits per heavy atom. The summed E-state index contributed by atoms with van der Waals surface area (Å²) >= 11 is 4.74. The normalized spacial score (nSPS) is 12.8. The minimum atomic E-state index is -0.762. The lowest BCUT2D eigenvalue weighted by molar-refractivity contribution is 0.219. The van der Waals surface area contributed by atoms with Crippen LogP contribution in [0.15, 0.2) is 28.7 Å². The van der Waals surface area contributed by atoms with Gasteiger partial charge in [-0.15, -0.1) is 11.3 Å². The predicted octanol–water partition coefficient (Wildman–Crippen LogP) is 4.35. The zero-order valence-corrected chi connectivity index (χ0v) is 11.9. The second kappa shape index (κ2) is 4.88. The van der Waals surface area contributed by atoms with Crippen molar-refractivity contribution in [2.24, 2.45) is 0 Å². The molecular formula is C13H12BrFOS. The lowest BCUT2D eigenvalue weighted by Crippen LogP contribution is -2.00. The van der Waals surface area contributed by atoms with Gasteiger partial charge in [-0.3, -0.25) is 0 Å². The van der Waals surface area contributed by atoms with Gasteiger partial charge in [-0.2, -0.15) is 0 Å². The molecular weight excluding hydrogens is 303 g/mol. The van der Waals surface area contributed by atoms with Crippen molar-refractivity contribution in [3.05, 3.63) is 55.4 Å². The first-order valence-corrected chi connectivity index (χ1v) is 6.80. The van der Waals surface area contributed by atoms with Crippen molar-refractivity contribution in [2.45, 2.75) is 20.0 Å². The van der Waals surface area contributed by atoms with Crippen LogP contribution in [-0.2, 0) is 0 Å². The molecule has 0 radical (unpaired) electrons. The third kappa shape index (κ3) is 2.59. The molecule has 2 rings (SSSR count). The van der Waals surface area contributed by atoms with Gasteiger partial charge in [0.15, 0.2) is 0 Å². The topological polar surface area (TPSA) is 20.2 Å². The van der Waals surface area contributed by atoms with Crippen molar-refractivity contribution in [3.63, 3.8) is 0 Å². The Hall–Kier alpha value is -0.710. The molecule has 0 fully saturated rings. The number of benzene rings is 1. The maximum absolute atomic E-state index is 13.4. The zero-order valence-electron chi connectivity index (χ0n) is 9.50. The Bertz CT molecular complexity index is 550. The first kappa shape index (κ1) is 12.7. The number of hydrogen-bond acceptors (Lipinski definition) is 2. The summed E-state index contributed by atoms with van der Waals surface area (Å²) in [6, 6.07) is 6.65. The highest BCUT2D eigenvalue weighted by molar-refractivity contribution is 9.10. The van der Waals surface area contributed by atoms with E-state index in [1.807, 2.05) is 19.9 Å². The molecule has 0 bridgehead atoms. The van der Waals surface area contributed by atoms with Gasteiger partial charge in [0.25, 0.3) is 0 Å². The predicted molar refractivity (Wildman–Crippen MR) is 72.0 cm³/mol. The Labute approximate surface area is 112 Å². The molecule has 1 N–H and O–H groups in total. The molecule has 1 nitrogen and oxygen atoms in total. The van der Waals surface area contributed by atoms with Crippen molar-refractivity contribution >= 4 is 27.3 Å². The van der Waals surface area contributed by atoms with E-state index in [9.17, 15) is 9.50 Å². The van der Waals surface area contributed by atoms with E-state index < -0.39 is 6.10 Å². The van der Waals surface area contributed by atoms with Gasteiger partial charge in [0.1, 0.15) is 11.9 Å². The van der Waals surface area contributed by atoms with Gasteiger partial charge >= 0.3 is 0 Å². The summed E-state index contributed by atoms with van der Waals surface area (Å²) in [5.74, 6) is -0.355. The molecule has 0 amide bonds. The second-order valence-electron chi connectivity index (χ2n) is 3.94. The van der Waals surface area contributed by atoms with Crippen molar-refractivity contribution in [2.75, 3.05) is 0 Å². The van der Waals surface area contributed by atoms with E-state index in [4.69, 9.17) is 0 Å². The molecule has 0 saturated heterocycles. The smallest absolute Gasteiger partial charge is 0.137 e. The molecule has 1 heterocycles. The van der Waals surface area contributed by atoms with Crippen molar-refractivity contribution < 1.29 is 9.50 Å². The van der Waals surface area contributed by atoms with Gasteiger partial charge in [-0.05, 0) is 59.1 Å². The molecule has 17 heavy (non-hydrogen) atoms. The van der Waals surface area contributed by atoms with Crippen LogP contribution in [0.5, 0.6) is 0 Å². The number of aryl methyl sites for hydroxylation is 2. The molecule has 1 aromatic heterocycles. The van der Waals surface area contributed by atoms with Crippen LogP contribution in [-0.4, -0.2) is 5.11 Å². The van der Waals surface area contributed by atoms with E-state index in [0.29, 0.717) is 10.0 Å². The van der Waals surface area contributed by atoms with Gasteiger partial charge in [-0.1, -0.05) is 6.07 Å². The van der Waals surface area contributed by atoms with E-state index in [2.05, 4.69) is 15.9 Å². The molecule has 0 aliphatic carbocycles. The van der Waals surface area contributed by atoms with E-state index in [1.54, 1.807) is 23.5 Å². The van der Waals surface area contributed by atoms with Gasteiger partial charge < -0.3 is 5.11 Å². The standard InChI is InChI=1S/C13H12BrFOS/c1-7-5-10(8(2)17-7)13(16)9-3-4-11(14)12(15)6-9/h3-6,13,16H,1-2H3. The van der Waals surface area contributed by atoms with Gasteiger partial charge in [0.05, 0.1) is 4.47 Å². The number of halogens is 2. The SMILES string of the molecule is Cc1cc(C(O)c2ccc(Br)c(F)c2)c(C)s1. The average Bonchev–Trinajstić information content (AvgIpc) is 2.61. The van der Waals surface area contributed by atoms with Crippen LogP contribution in [0.2, 0.25) is 0 Å². The van der Waals surface area contributed by atoms with Crippen molar-refractivity contribution in [1.29, 1.82) is 0 Å². The number of aliphatic hydroxyl groups excluding tert-OH is 1. The van der Waals surface area contributed by atoms with E-state index >= 15 is 0 Å². The lowest BCUT2D eigenvalue weighted by atomic mass is 10.0. The summed E-state index contributed by atoms with van der Waals surface area (Å²) in [5.41, 5.74) is 1.43. The van der Waals surface area contributed by atoms with Crippen LogP contribution in [0.1, 0.15) is 27.0 Å². The fourth-order valence-corrected chi connectivity index (χ4v) is 2.99. The number of aliphatic hydroxyl groups is 1. The van der Waals surface area contributed by atoms with Crippen LogP contribution in [0.3, 0.4) is 0 Å². The first-order chi connectivity index (χ1) is 7.99. The Morgan fingerprint density at radius 1 is 1.29 bits per heavy atom. The van der Waals surface area contributed by atoms with Crippen LogP contribution >= 0.6 is 27.3 Å². The van der Waals surface area contributed by atoms with Crippen molar-refractivity contribution in [1.82, 2.24) is 0 Å². The van der Waals surface area contributed by atoms with E-state index in [-0.39, 0.29) is 5.82 Å². The number of thiophene rings is 1. The van der Waals surface area contributed by atoms with Crippen LogP contribution < -0.4 is 0 Å². The second-order valence-corrected chi connectivity index (χ2v) is 6.26. The summed E-state index contributed by atoms with van der Waals surface area (Å²) in [6.45, 7) is 3.96. The van der Waals surface area contributed by atoms with Gasteiger partial charge in [0, 0.05) is 9.75 Å². The van der Waals surface area contributed by atoms with Crippen LogP contribution in [0.25, 0.3) is 0 Å². The van der Waals surface area contributed by atoms with Crippen molar-refractivity contribution in [3.8, 4) is 0 Å². The largest absolute Gasteiger partial charge is 0.384 e. The Balaban J connectivity index is 2.40. The molecule has 90 valence electrons. The molecule has 1 aromatic carbocycles. The zero-order chi connectivity index (χ0) is 12.6. The highest BCUT2D eigenvalue weighted by Gasteiger charge is 2.16. The highest BCUT2D eigenvalue weighted by Crippen LogP contribution is 2.31. The van der Waals surface area contributed by atoms with Crippen LogP contribution in [0, 0.1) is 19.7 Å². The molecule has 1 unspecified atom stereocenters. The average molecular weight is 315 g/mol. The minimum absolute atomic E-state index is 0.355. The molecule has 0 saturated carbocycles. The Morgan fingerprint density at radius 3 is 2.53 bits per heavy atom. The number of rotatable bonds is 2. The summed E-state index contributed by atoms with van der Waals surface area (Å²) in [5, 5.41) is 10.2. The summed E-state index contributed by atoms with van der Waals surface area (Å²) in [6.07, 6.45) is -0.762. The quantitative estimate of drug-likeness (QED) is 0.873. The van der Waals surface area contributed by atoms with E-state index in [0.717, 1.165) is 15.3 Å². The van der Waals surface area contributed by atoms with E-state index in [1.165, 1.54) is 6.07 Å². The molecule has 4 heteroatoms. The maximum atomic E-state index is 13.4. The van der Waals surface area contributed by atoms with Crippen LogP contribution in [0.4, 0.5) is 4.39 Å². The monoisotopic (exact) mass is 314 g/mol. The maximum Gasteiger partial charge on any atom is 0.137 e. The highest BCUT2D eigenvalue weighted by atomic mass is 79.9. The fourth-order valence-electron chi connectivity index (χ4n) is 1.78. The minimum Gasteiger partial charge on any atom is -0.384 e. The molecule has 0 aliphatic rings. The van der Waals surface area contributed by atoms with Gasteiger partial charge in [-0.25, -0.2) is 4.39 Å². The molecule has 1 atom stereocenters. The molecule has 2 aromatic rings. The Kier molecular flexibility index (Phi) is 3.66. The number of hydrogen-bond donors (Lipinski definition) is 1. The summed E-state index contributed by atoms with van der Waals surface area (Å²) in [4.78, 5) is 2.22. The first-order valence-electron chi connectivity index (χ1n) is 5.19. The van der Waals surface area contributed by atoms with Gasteiger partial charge in [0.2, 0.25) is 0 Å². The summed E-state index contributed by atoms with van der Waals surface area (Å²) < 4.78 is 13.8.